The molecule has 0 radical (unpaired) electrons. The van der Waals surface area contributed by atoms with Crippen molar-refractivity contribution < 1.29 is 28.6 Å². The van der Waals surface area contributed by atoms with Crippen LogP contribution >= 0.6 is 0 Å². The fraction of sp³-hybridized carbons (Fsp3) is 0.817. The van der Waals surface area contributed by atoms with E-state index in [4.69, 9.17) is 14.2 Å². The van der Waals surface area contributed by atoms with Gasteiger partial charge in [0.25, 0.3) is 0 Å². The molecule has 66 heavy (non-hydrogen) atoms. The van der Waals surface area contributed by atoms with Crippen LogP contribution in [0.3, 0.4) is 0 Å². The zero-order valence-corrected chi connectivity index (χ0v) is 44.0. The lowest BCUT2D eigenvalue weighted by Crippen LogP contribution is -2.30. The third kappa shape index (κ3) is 52.3. The first-order valence-corrected chi connectivity index (χ1v) is 28.6. The maximum atomic E-state index is 12.8. The highest BCUT2D eigenvalue weighted by Gasteiger charge is 2.19. The van der Waals surface area contributed by atoms with E-state index in [-0.39, 0.29) is 31.1 Å². The van der Waals surface area contributed by atoms with Gasteiger partial charge in [0.05, 0.1) is 0 Å². The Hall–Kier alpha value is -2.63. The van der Waals surface area contributed by atoms with Gasteiger partial charge in [0.15, 0.2) is 6.10 Å². The second-order valence-electron chi connectivity index (χ2n) is 19.2. The van der Waals surface area contributed by atoms with Crippen LogP contribution in [0, 0.1) is 0 Å². The summed E-state index contributed by atoms with van der Waals surface area (Å²) in [5, 5.41) is 0. The average Bonchev–Trinajstić information content (AvgIpc) is 3.31. The van der Waals surface area contributed by atoms with E-state index in [1.807, 2.05) is 0 Å². The maximum Gasteiger partial charge on any atom is 0.306 e. The van der Waals surface area contributed by atoms with Crippen molar-refractivity contribution in [2.45, 2.75) is 303 Å². The SMILES string of the molecule is CC/C=C\C/C=C\C/C=C\C/C=C\CCCCCCCCCCC(=O)OCC(COC(=O)CCCCCCCC)OC(=O)CCCCCCCCCCCCCCCCCCCCCCC. The molecule has 0 aliphatic carbocycles. The maximum absolute atomic E-state index is 12.8. The van der Waals surface area contributed by atoms with Crippen LogP contribution in [0.5, 0.6) is 0 Å². The first-order valence-electron chi connectivity index (χ1n) is 28.6. The van der Waals surface area contributed by atoms with E-state index < -0.39 is 6.10 Å². The Balaban J connectivity index is 4.13. The van der Waals surface area contributed by atoms with Gasteiger partial charge in [0.1, 0.15) is 13.2 Å². The average molecular weight is 926 g/mol. The minimum absolute atomic E-state index is 0.0730. The fourth-order valence-electron chi connectivity index (χ4n) is 8.32. The van der Waals surface area contributed by atoms with E-state index in [2.05, 4.69) is 69.4 Å². The van der Waals surface area contributed by atoms with Crippen LogP contribution in [-0.4, -0.2) is 37.2 Å². The van der Waals surface area contributed by atoms with Crippen molar-refractivity contribution in [1.29, 1.82) is 0 Å². The second-order valence-corrected chi connectivity index (χ2v) is 19.2. The van der Waals surface area contributed by atoms with E-state index in [1.165, 1.54) is 167 Å². The molecule has 0 rings (SSSR count). The van der Waals surface area contributed by atoms with Gasteiger partial charge in [-0.25, -0.2) is 0 Å². The number of carbonyl (C=O) groups is 3. The molecular formula is C60H108O6. The molecule has 0 aliphatic heterocycles. The van der Waals surface area contributed by atoms with Crippen molar-refractivity contribution in [2.75, 3.05) is 13.2 Å². The monoisotopic (exact) mass is 925 g/mol. The highest BCUT2D eigenvalue weighted by Crippen LogP contribution is 2.17. The van der Waals surface area contributed by atoms with Crippen molar-refractivity contribution in [3.8, 4) is 0 Å². The van der Waals surface area contributed by atoms with Gasteiger partial charge in [0, 0.05) is 19.3 Å². The summed E-state index contributed by atoms with van der Waals surface area (Å²) in [5.74, 6) is -0.877. The van der Waals surface area contributed by atoms with Crippen molar-refractivity contribution >= 4 is 17.9 Å². The molecule has 0 aromatic rings. The lowest BCUT2D eigenvalue weighted by atomic mass is 10.0. The molecule has 0 heterocycles. The Morgan fingerprint density at radius 3 is 0.924 bits per heavy atom. The van der Waals surface area contributed by atoms with Gasteiger partial charge < -0.3 is 14.2 Å². The summed E-state index contributed by atoms with van der Waals surface area (Å²) in [6, 6.07) is 0. The zero-order chi connectivity index (χ0) is 47.9. The fourth-order valence-corrected chi connectivity index (χ4v) is 8.32. The molecular weight excluding hydrogens is 817 g/mol. The number of unbranched alkanes of at least 4 members (excludes halogenated alkanes) is 33. The Morgan fingerprint density at radius 1 is 0.318 bits per heavy atom. The summed E-state index contributed by atoms with van der Waals surface area (Å²) in [6.45, 7) is 6.50. The molecule has 1 unspecified atom stereocenters. The quantitative estimate of drug-likeness (QED) is 0.0262. The second kappa shape index (κ2) is 55.0. The standard InChI is InChI=1S/C60H108O6/c1-4-7-10-13-16-18-20-22-24-26-28-30-32-34-36-38-40-42-44-47-50-53-59(62)65-56-57(55-64-58(61)52-49-46-15-12-9-6-3)66-60(63)54-51-48-45-43-41-39-37-35-33-31-29-27-25-23-21-19-17-14-11-8-5-2/h7,10,16,18,22,24,28,30,57H,4-6,8-9,11-15,17,19-21,23,25-27,29,31-56H2,1-3H3/b10-7-,18-16-,24-22-,30-28-. The third-order valence-corrected chi connectivity index (χ3v) is 12.6. The molecule has 0 saturated heterocycles. The molecule has 0 aromatic carbocycles. The first kappa shape index (κ1) is 63.4. The van der Waals surface area contributed by atoms with Crippen molar-refractivity contribution in [3.05, 3.63) is 48.6 Å². The summed E-state index contributed by atoms with van der Waals surface area (Å²) in [7, 11) is 0. The topological polar surface area (TPSA) is 78.9 Å². The summed E-state index contributed by atoms with van der Waals surface area (Å²) in [6.07, 6.45) is 67.1. The number of esters is 3. The van der Waals surface area contributed by atoms with Crippen LogP contribution in [0.25, 0.3) is 0 Å². The van der Waals surface area contributed by atoms with Gasteiger partial charge in [-0.1, -0.05) is 268 Å². The lowest BCUT2D eigenvalue weighted by Gasteiger charge is -2.18. The van der Waals surface area contributed by atoms with Crippen LogP contribution in [-0.2, 0) is 28.6 Å². The van der Waals surface area contributed by atoms with E-state index in [0.717, 1.165) is 89.9 Å². The Morgan fingerprint density at radius 2 is 0.591 bits per heavy atom. The van der Waals surface area contributed by atoms with Crippen LogP contribution in [0.2, 0.25) is 0 Å². The van der Waals surface area contributed by atoms with Gasteiger partial charge in [-0.05, 0) is 57.8 Å². The van der Waals surface area contributed by atoms with Crippen LogP contribution in [0.1, 0.15) is 297 Å². The molecule has 0 spiro atoms. The first-order chi connectivity index (χ1) is 32.5. The molecule has 0 N–H and O–H groups in total. The van der Waals surface area contributed by atoms with E-state index in [9.17, 15) is 14.4 Å². The molecule has 6 heteroatoms. The number of ether oxygens (including phenoxy) is 3. The molecule has 0 fully saturated rings. The predicted molar refractivity (Wildman–Crippen MR) is 284 cm³/mol. The Kier molecular flexibility index (Phi) is 52.8. The van der Waals surface area contributed by atoms with Crippen molar-refractivity contribution in [1.82, 2.24) is 0 Å². The summed E-state index contributed by atoms with van der Waals surface area (Å²) >= 11 is 0. The minimum atomic E-state index is -0.771. The van der Waals surface area contributed by atoms with Crippen LogP contribution in [0.4, 0.5) is 0 Å². The largest absolute Gasteiger partial charge is 0.462 e. The van der Waals surface area contributed by atoms with Gasteiger partial charge >= 0.3 is 17.9 Å². The summed E-state index contributed by atoms with van der Waals surface area (Å²) < 4.78 is 16.8. The molecule has 0 aliphatic rings. The number of hydrogen-bond acceptors (Lipinski definition) is 6. The lowest BCUT2D eigenvalue weighted by molar-refractivity contribution is -0.167. The molecule has 0 amide bonds. The Bertz CT molecular complexity index is 1150. The van der Waals surface area contributed by atoms with Gasteiger partial charge in [-0.2, -0.15) is 0 Å². The van der Waals surface area contributed by atoms with E-state index >= 15 is 0 Å². The molecule has 6 nitrogen and oxygen atoms in total. The Labute approximate surface area is 409 Å². The van der Waals surface area contributed by atoms with Crippen molar-refractivity contribution in [2.24, 2.45) is 0 Å². The molecule has 0 bridgehead atoms. The predicted octanol–water partition coefficient (Wildman–Crippen LogP) is 19.0. The molecule has 1 atom stereocenters. The molecule has 0 saturated carbocycles. The van der Waals surface area contributed by atoms with Crippen LogP contribution in [0.15, 0.2) is 48.6 Å². The summed E-state index contributed by atoms with van der Waals surface area (Å²) in [5.41, 5.74) is 0. The number of allylic oxidation sites excluding steroid dienone is 8. The van der Waals surface area contributed by atoms with Gasteiger partial charge in [-0.3, -0.25) is 14.4 Å². The highest BCUT2D eigenvalue weighted by atomic mass is 16.6. The van der Waals surface area contributed by atoms with E-state index in [0.29, 0.717) is 19.3 Å². The minimum Gasteiger partial charge on any atom is -0.462 e. The van der Waals surface area contributed by atoms with Gasteiger partial charge in [-0.15, -0.1) is 0 Å². The normalized spacial score (nSPS) is 12.3. The van der Waals surface area contributed by atoms with Crippen molar-refractivity contribution in [3.63, 3.8) is 0 Å². The third-order valence-electron chi connectivity index (χ3n) is 12.6. The number of hydrogen-bond donors (Lipinski definition) is 0. The smallest absolute Gasteiger partial charge is 0.306 e. The zero-order valence-electron chi connectivity index (χ0n) is 44.0. The summed E-state index contributed by atoms with van der Waals surface area (Å²) in [4.78, 5) is 37.9. The number of rotatable bonds is 52. The highest BCUT2D eigenvalue weighted by molar-refractivity contribution is 5.71. The van der Waals surface area contributed by atoms with Gasteiger partial charge in [0.2, 0.25) is 0 Å². The molecule has 0 aromatic heterocycles. The van der Waals surface area contributed by atoms with E-state index in [1.54, 1.807) is 0 Å². The molecule has 384 valence electrons. The number of carbonyl (C=O) groups excluding carboxylic acids is 3. The van der Waals surface area contributed by atoms with Crippen LogP contribution < -0.4 is 0 Å².